The first-order valence-electron chi connectivity index (χ1n) is 5.93. The highest BCUT2D eigenvalue weighted by Crippen LogP contribution is 2.11. The number of rotatable bonds is 2. The van der Waals surface area contributed by atoms with E-state index < -0.39 is 17.5 Å². The average Bonchev–Trinajstić information content (AvgIpc) is 2.44. The third kappa shape index (κ3) is 4.09. The highest BCUT2D eigenvalue weighted by atomic mass is 19.1. The zero-order valence-corrected chi connectivity index (χ0v) is 10.7. The Balaban J connectivity index is 2.19. The molecule has 0 bridgehead atoms. The average molecular weight is 288 g/mol. The molecule has 2 N–H and O–H groups in total. The number of aliphatic hydroxyl groups excluding tert-OH is 1. The fourth-order valence-electron chi connectivity index (χ4n) is 1.58. The summed E-state index contributed by atoms with van der Waals surface area (Å²) < 4.78 is 26.1. The molecular formula is C15H10F2N2O2. The van der Waals surface area contributed by atoms with Crippen LogP contribution in [0.1, 0.15) is 16.1 Å². The topological polar surface area (TPSA) is 62.2 Å². The van der Waals surface area contributed by atoms with Crippen LogP contribution in [0.3, 0.4) is 0 Å². The number of anilines is 1. The molecule has 0 saturated carbocycles. The lowest BCUT2D eigenvalue weighted by molar-refractivity contribution is 0.102. The van der Waals surface area contributed by atoms with E-state index in [4.69, 9.17) is 5.11 Å². The smallest absolute Gasteiger partial charge is 0.257 e. The lowest BCUT2D eigenvalue weighted by Crippen LogP contribution is -2.13. The van der Waals surface area contributed by atoms with E-state index in [9.17, 15) is 13.6 Å². The molecule has 4 nitrogen and oxygen atoms in total. The third-order valence-corrected chi connectivity index (χ3v) is 2.41. The number of aliphatic hydroxyl groups is 1. The van der Waals surface area contributed by atoms with Crippen molar-refractivity contribution in [2.75, 3.05) is 11.9 Å². The van der Waals surface area contributed by atoms with Crippen molar-refractivity contribution < 1.29 is 18.7 Å². The Morgan fingerprint density at radius 1 is 1.24 bits per heavy atom. The van der Waals surface area contributed by atoms with Crippen LogP contribution in [-0.4, -0.2) is 22.6 Å². The standard InChI is InChI=1S/C15H10F2N2O2/c16-11-7-10(8-12(17)9-11)15(21)19-14-5-1-3-13(18-14)4-2-6-20/h1,3,5,7-9,20H,6H2,(H,18,19,21). The number of nitrogens with one attached hydrogen (secondary N) is 1. The van der Waals surface area contributed by atoms with Crippen molar-refractivity contribution in [3.05, 3.63) is 59.3 Å². The van der Waals surface area contributed by atoms with Crippen LogP contribution in [0.15, 0.2) is 36.4 Å². The van der Waals surface area contributed by atoms with Gasteiger partial charge >= 0.3 is 0 Å². The quantitative estimate of drug-likeness (QED) is 0.830. The molecule has 6 heteroatoms. The van der Waals surface area contributed by atoms with E-state index in [0.717, 1.165) is 12.1 Å². The summed E-state index contributed by atoms with van der Waals surface area (Å²) in [7, 11) is 0. The van der Waals surface area contributed by atoms with Crippen molar-refractivity contribution in [2.45, 2.75) is 0 Å². The maximum atomic E-state index is 13.1. The van der Waals surface area contributed by atoms with E-state index in [0.29, 0.717) is 11.8 Å². The van der Waals surface area contributed by atoms with E-state index in [1.807, 2.05) is 0 Å². The van der Waals surface area contributed by atoms with Crippen molar-refractivity contribution in [3.8, 4) is 11.8 Å². The Morgan fingerprint density at radius 2 is 1.95 bits per heavy atom. The molecule has 0 aliphatic rings. The van der Waals surface area contributed by atoms with E-state index >= 15 is 0 Å². The number of carbonyl (C=O) groups excluding carboxylic acids is 1. The van der Waals surface area contributed by atoms with E-state index in [-0.39, 0.29) is 18.0 Å². The summed E-state index contributed by atoms with van der Waals surface area (Å²) in [5, 5.41) is 11.0. The maximum Gasteiger partial charge on any atom is 0.257 e. The summed E-state index contributed by atoms with van der Waals surface area (Å²) in [6, 6.07) is 7.25. The minimum atomic E-state index is -0.837. The van der Waals surface area contributed by atoms with Crippen LogP contribution in [-0.2, 0) is 0 Å². The summed E-state index contributed by atoms with van der Waals surface area (Å²) >= 11 is 0. The normalized spacial score (nSPS) is 9.67. The summed E-state index contributed by atoms with van der Waals surface area (Å²) in [4.78, 5) is 15.9. The van der Waals surface area contributed by atoms with Crippen LogP contribution >= 0.6 is 0 Å². The van der Waals surface area contributed by atoms with Gasteiger partial charge in [-0.1, -0.05) is 12.0 Å². The van der Waals surface area contributed by atoms with Gasteiger partial charge in [-0.15, -0.1) is 0 Å². The molecule has 1 aromatic heterocycles. The molecule has 2 aromatic rings. The second-order valence-electron chi connectivity index (χ2n) is 3.98. The molecule has 2 rings (SSSR count). The number of halogens is 2. The summed E-state index contributed by atoms with van der Waals surface area (Å²) in [6.07, 6.45) is 0. The predicted octanol–water partition coefficient (Wildman–Crippen LogP) is 1.96. The summed E-state index contributed by atoms with van der Waals surface area (Å²) in [5.74, 6) is 2.83. The highest BCUT2D eigenvalue weighted by Gasteiger charge is 2.10. The van der Waals surface area contributed by atoms with E-state index in [1.54, 1.807) is 12.1 Å². The monoisotopic (exact) mass is 288 g/mol. The molecule has 0 fully saturated rings. The van der Waals surface area contributed by atoms with Gasteiger partial charge in [0.25, 0.3) is 5.91 Å². The SMILES string of the molecule is O=C(Nc1cccc(C#CCO)n1)c1cc(F)cc(F)c1. The predicted molar refractivity (Wildman–Crippen MR) is 72.5 cm³/mol. The Hall–Kier alpha value is -2.78. The Kier molecular flexibility index (Phi) is 4.59. The van der Waals surface area contributed by atoms with Crippen LogP contribution in [0.25, 0.3) is 0 Å². The summed E-state index contributed by atoms with van der Waals surface area (Å²) in [6.45, 7) is -0.305. The number of nitrogens with zero attached hydrogens (tertiary/aromatic N) is 1. The van der Waals surface area contributed by atoms with Gasteiger partial charge in [0, 0.05) is 11.6 Å². The number of carbonyl (C=O) groups is 1. The van der Waals surface area contributed by atoms with Crippen LogP contribution < -0.4 is 5.32 Å². The van der Waals surface area contributed by atoms with Gasteiger partial charge in [-0.2, -0.15) is 0 Å². The number of pyridine rings is 1. The van der Waals surface area contributed by atoms with Gasteiger partial charge in [0.15, 0.2) is 0 Å². The van der Waals surface area contributed by atoms with Crippen LogP contribution in [0.4, 0.5) is 14.6 Å². The molecule has 0 saturated heterocycles. The first-order chi connectivity index (χ1) is 10.1. The molecule has 0 aliphatic carbocycles. The molecule has 1 amide bonds. The molecule has 1 heterocycles. The number of benzene rings is 1. The zero-order valence-electron chi connectivity index (χ0n) is 10.7. The number of amides is 1. The van der Waals surface area contributed by atoms with Crippen LogP contribution in [0.5, 0.6) is 0 Å². The van der Waals surface area contributed by atoms with Crippen molar-refractivity contribution in [2.24, 2.45) is 0 Å². The largest absolute Gasteiger partial charge is 0.384 e. The Morgan fingerprint density at radius 3 is 2.62 bits per heavy atom. The Bertz CT molecular complexity index is 716. The lowest BCUT2D eigenvalue weighted by atomic mass is 10.2. The summed E-state index contributed by atoms with van der Waals surface area (Å²) in [5.41, 5.74) is 0.202. The number of hydrogen-bond acceptors (Lipinski definition) is 3. The second kappa shape index (κ2) is 6.59. The van der Waals surface area contributed by atoms with Crippen molar-refractivity contribution in [3.63, 3.8) is 0 Å². The van der Waals surface area contributed by atoms with Crippen molar-refractivity contribution in [1.82, 2.24) is 4.98 Å². The molecule has 21 heavy (non-hydrogen) atoms. The van der Waals surface area contributed by atoms with Gasteiger partial charge in [-0.3, -0.25) is 4.79 Å². The van der Waals surface area contributed by atoms with Gasteiger partial charge in [-0.25, -0.2) is 13.8 Å². The molecule has 0 aliphatic heterocycles. The van der Waals surface area contributed by atoms with Crippen LogP contribution in [0.2, 0.25) is 0 Å². The second-order valence-corrected chi connectivity index (χ2v) is 3.98. The number of aromatic nitrogens is 1. The molecule has 0 unspecified atom stereocenters. The fourth-order valence-corrected chi connectivity index (χ4v) is 1.58. The molecule has 0 spiro atoms. The molecule has 0 radical (unpaired) electrons. The van der Waals surface area contributed by atoms with Gasteiger partial charge in [0.05, 0.1) is 0 Å². The maximum absolute atomic E-state index is 13.1. The van der Waals surface area contributed by atoms with Gasteiger partial charge < -0.3 is 10.4 Å². The fraction of sp³-hybridized carbons (Fsp3) is 0.0667. The van der Waals surface area contributed by atoms with Crippen LogP contribution in [0, 0.1) is 23.5 Å². The number of hydrogen-bond donors (Lipinski definition) is 2. The van der Waals surface area contributed by atoms with E-state index in [2.05, 4.69) is 22.1 Å². The first kappa shape index (κ1) is 14.6. The van der Waals surface area contributed by atoms with Gasteiger partial charge in [0.1, 0.15) is 29.8 Å². The van der Waals surface area contributed by atoms with Gasteiger partial charge in [-0.05, 0) is 30.2 Å². The molecule has 106 valence electrons. The zero-order chi connectivity index (χ0) is 15.2. The molecule has 0 atom stereocenters. The van der Waals surface area contributed by atoms with Gasteiger partial charge in [0.2, 0.25) is 0 Å². The highest BCUT2D eigenvalue weighted by molar-refractivity contribution is 6.03. The minimum Gasteiger partial charge on any atom is -0.384 e. The molecular weight excluding hydrogens is 278 g/mol. The van der Waals surface area contributed by atoms with Crippen molar-refractivity contribution >= 4 is 11.7 Å². The van der Waals surface area contributed by atoms with E-state index in [1.165, 1.54) is 6.07 Å². The minimum absolute atomic E-state index is 0.152. The first-order valence-corrected chi connectivity index (χ1v) is 5.93. The Labute approximate surface area is 119 Å². The lowest BCUT2D eigenvalue weighted by Gasteiger charge is -2.05. The third-order valence-electron chi connectivity index (χ3n) is 2.41. The molecule has 1 aromatic carbocycles. The van der Waals surface area contributed by atoms with Crippen molar-refractivity contribution in [1.29, 1.82) is 0 Å².